The molecular formula is C12H10FNO2. The minimum atomic E-state index is -0.593. The zero-order valence-corrected chi connectivity index (χ0v) is 8.57. The SMILES string of the molecule is N#Cc1c(F)cccc1OC1CCC(=O)C1. The van der Waals surface area contributed by atoms with Crippen LogP contribution < -0.4 is 4.74 Å². The minimum absolute atomic E-state index is 0.0955. The van der Waals surface area contributed by atoms with E-state index in [1.54, 1.807) is 12.1 Å². The second kappa shape index (κ2) is 4.31. The van der Waals surface area contributed by atoms with Gasteiger partial charge in [-0.05, 0) is 18.6 Å². The van der Waals surface area contributed by atoms with Gasteiger partial charge in [0.25, 0.3) is 0 Å². The number of carbonyl (C=O) groups excluding carboxylic acids is 1. The molecule has 0 saturated heterocycles. The number of rotatable bonds is 2. The number of halogens is 1. The van der Waals surface area contributed by atoms with Gasteiger partial charge in [-0.3, -0.25) is 4.79 Å². The first-order valence-corrected chi connectivity index (χ1v) is 5.07. The van der Waals surface area contributed by atoms with Gasteiger partial charge >= 0.3 is 0 Å². The molecule has 16 heavy (non-hydrogen) atoms. The molecule has 1 atom stereocenters. The highest BCUT2D eigenvalue weighted by molar-refractivity contribution is 5.81. The monoisotopic (exact) mass is 219 g/mol. The predicted molar refractivity (Wildman–Crippen MR) is 54.4 cm³/mol. The van der Waals surface area contributed by atoms with E-state index in [-0.39, 0.29) is 23.2 Å². The molecule has 1 aromatic rings. The smallest absolute Gasteiger partial charge is 0.144 e. The van der Waals surface area contributed by atoms with Gasteiger partial charge in [-0.25, -0.2) is 4.39 Å². The number of ketones is 1. The maximum absolute atomic E-state index is 13.2. The molecule has 0 aromatic heterocycles. The van der Waals surface area contributed by atoms with Crippen molar-refractivity contribution < 1.29 is 13.9 Å². The van der Waals surface area contributed by atoms with Crippen molar-refractivity contribution in [2.75, 3.05) is 0 Å². The fourth-order valence-electron chi connectivity index (χ4n) is 1.77. The van der Waals surface area contributed by atoms with Gasteiger partial charge in [-0.1, -0.05) is 6.07 Å². The first-order valence-electron chi connectivity index (χ1n) is 5.07. The molecule has 1 fully saturated rings. The first kappa shape index (κ1) is 10.6. The maximum atomic E-state index is 13.2. The Bertz CT molecular complexity index is 465. The van der Waals surface area contributed by atoms with E-state index < -0.39 is 5.82 Å². The minimum Gasteiger partial charge on any atom is -0.488 e. The number of carbonyl (C=O) groups is 1. The van der Waals surface area contributed by atoms with Gasteiger partial charge in [-0.2, -0.15) is 5.26 Å². The van der Waals surface area contributed by atoms with Crippen LogP contribution in [0.15, 0.2) is 18.2 Å². The van der Waals surface area contributed by atoms with E-state index in [9.17, 15) is 9.18 Å². The first-order chi connectivity index (χ1) is 7.70. The van der Waals surface area contributed by atoms with Crippen molar-refractivity contribution in [3.05, 3.63) is 29.6 Å². The summed E-state index contributed by atoms with van der Waals surface area (Å²) in [7, 11) is 0. The molecule has 1 saturated carbocycles. The standard InChI is InChI=1S/C12H10FNO2/c13-11-2-1-3-12(10(11)7-14)16-9-5-4-8(15)6-9/h1-3,9H,4-6H2. The summed E-state index contributed by atoms with van der Waals surface area (Å²) < 4.78 is 18.7. The fraction of sp³-hybridized carbons (Fsp3) is 0.333. The molecule has 0 spiro atoms. The van der Waals surface area contributed by atoms with E-state index in [0.29, 0.717) is 19.3 Å². The maximum Gasteiger partial charge on any atom is 0.144 e. The molecular weight excluding hydrogens is 209 g/mol. The second-order valence-electron chi connectivity index (χ2n) is 3.75. The Kier molecular flexibility index (Phi) is 2.86. The summed E-state index contributed by atoms with van der Waals surface area (Å²) in [5.41, 5.74) is -0.0955. The third-order valence-corrected chi connectivity index (χ3v) is 2.58. The molecule has 1 unspecified atom stereocenters. The van der Waals surface area contributed by atoms with Crippen LogP contribution in [0.4, 0.5) is 4.39 Å². The van der Waals surface area contributed by atoms with Crippen molar-refractivity contribution in [3.63, 3.8) is 0 Å². The molecule has 0 amide bonds. The Balaban J connectivity index is 2.19. The molecule has 0 radical (unpaired) electrons. The van der Waals surface area contributed by atoms with E-state index in [2.05, 4.69) is 0 Å². The highest BCUT2D eigenvalue weighted by Crippen LogP contribution is 2.26. The van der Waals surface area contributed by atoms with Crippen molar-refractivity contribution in [1.29, 1.82) is 5.26 Å². The van der Waals surface area contributed by atoms with Gasteiger partial charge in [0.15, 0.2) is 0 Å². The fourth-order valence-corrected chi connectivity index (χ4v) is 1.77. The number of hydrogen-bond donors (Lipinski definition) is 0. The summed E-state index contributed by atoms with van der Waals surface area (Å²) in [5, 5.41) is 8.79. The lowest BCUT2D eigenvalue weighted by atomic mass is 10.2. The summed E-state index contributed by atoms with van der Waals surface area (Å²) in [4.78, 5) is 11.0. The number of nitriles is 1. The summed E-state index contributed by atoms with van der Waals surface area (Å²) in [6.45, 7) is 0. The zero-order chi connectivity index (χ0) is 11.5. The van der Waals surface area contributed by atoms with Gasteiger partial charge in [0.05, 0.1) is 0 Å². The Hall–Kier alpha value is -1.89. The zero-order valence-electron chi connectivity index (χ0n) is 8.57. The van der Waals surface area contributed by atoms with Crippen molar-refractivity contribution in [2.24, 2.45) is 0 Å². The molecule has 0 aliphatic heterocycles. The Morgan fingerprint density at radius 2 is 2.31 bits per heavy atom. The molecule has 1 aromatic carbocycles. The third-order valence-electron chi connectivity index (χ3n) is 2.58. The van der Waals surface area contributed by atoms with Crippen LogP contribution in [0.5, 0.6) is 5.75 Å². The molecule has 0 bridgehead atoms. The summed E-state index contributed by atoms with van der Waals surface area (Å²) in [5.74, 6) is -0.216. The molecule has 1 aliphatic rings. The summed E-state index contributed by atoms with van der Waals surface area (Å²) in [6.07, 6.45) is 1.27. The largest absolute Gasteiger partial charge is 0.488 e. The number of benzene rings is 1. The van der Waals surface area contributed by atoms with E-state index in [0.717, 1.165) is 0 Å². The second-order valence-corrected chi connectivity index (χ2v) is 3.75. The average molecular weight is 219 g/mol. The third kappa shape index (κ3) is 2.03. The molecule has 0 N–H and O–H groups in total. The Morgan fingerprint density at radius 3 is 2.94 bits per heavy atom. The van der Waals surface area contributed by atoms with Crippen LogP contribution in [-0.4, -0.2) is 11.9 Å². The van der Waals surface area contributed by atoms with Crippen LogP contribution in [0.1, 0.15) is 24.8 Å². The molecule has 1 aliphatic carbocycles. The lowest BCUT2D eigenvalue weighted by molar-refractivity contribution is -0.117. The lowest BCUT2D eigenvalue weighted by Crippen LogP contribution is -2.13. The van der Waals surface area contributed by atoms with Crippen molar-refractivity contribution in [1.82, 2.24) is 0 Å². The van der Waals surface area contributed by atoms with Gasteiger partial charge in [-0.15, -0.1) is 0 Å². The summed E-state index contributed by atoms with van der Waals surface area (Å²) in [6, 6.07) is 6.01. The number of Topliss-reactive ketones (excluding diaryl/α,β-unsaturated/α-hetero) is 1. The molecule has 3 nitrogen and oxygen atoms in total. The van der Waals surface area contributed by atoms with Crippen LogP contribution in [-0.2, 0) is 4.79 Å². The van der Waals surface area contributed by atoms with Gasteiger partial charge < -0.3 is 4.74 Å². The van der Waals surface area contributed by atoms with Crippen LogP contribution in [0.25, 0.3) is 0 Å². The highest BCUT2D eigenvalue weighted by atomic mass is 19.1. The highest BCUT2D eigenvalue weighted by Gasteiger charge is 2.24. The normalized spacial score (nSPS) is 19.5. The van der Waals surface area contributed by atoms with Crippen molar-refractivity contribution >= 4 is 5.78 Å². The average Bonchev–Trinajstić information content (AvgIpc) is 2.64. The Morgan fingerprint density at radius 1 is 1.50 bits per heavy atom. The molecule has 82 valence electrons. The van der Waals surface area contributed by atoms with E-state index in [1.807, 2.05) is 0 Å². The van der Waals surface area contributed by atoms with Crippen LogP contribution >= 0.6 is 0 Å². The Labute approximate surface area is 92.4 Å². The van der Waals surface area contributed by atoms with E-state index >= 15 is 0 Å². The van der Waals surface area contributed by atoms with Crippen molar-refractivity contribution in [2.45, 2.75) is 25.4 Å². The van der Waals surface area contributed by atoms with Gasteiger partial charge in [0, 0.05) is 12.8 Å². The van der Waals surface area contributed by atoms with Gasteiger partial charge in [0.1, 0.15) is 35.1 Å². The topological polar surface area (TPSA) is 50.1 Å². The van der Waals surface area contributed by atoms with Crippen LogP contribution in [0.2, 0.25) is 0 Å². The number of nitrogens with zero attached hydrogens (tertiary/aromatic N) is 1. The quantitative estimate of drug-likeness (QED) is 0.766. The number of ether oxygens (including phenoxy) is 1. The molecule has 2 rings (SSSR count). The van der Waals surface area contributed by atoms with E-state index in [1.165, 1.54) is 12.1 Å². The predicted octanol–water partition coefficient (Wildman–Crippen LogP) is 2.20. The molecule has 0 heterocycles. The van der Waals surface area contributed by atoms with E-state index in [4.69, 9.17) is 10.00 Å². The molecule has 4 heteroatoms. The van der Waals surface area contributed by atoms with Crippen LogP contribution in [0.3, 0.4) is 0 Å². The summed E-state index contributed by atoms with van der Waals surface area (Å²) >= 11 is 0. The van der Waals surface area contributed by atoms with Crippen molar-refractivity contribution in [3.8, 4) is 11.8 Å². The lowest BCUT2D eigenvalue weighted by Gasteiger charge is -2.13. The van der Waals surface area contributed by atoms with Gasteiger partial charge in [0.2, 0.25) is 0 Å². The number of hydrogen-bond acceptors (Lipinski definition) is 3. The van der Waals surface area contributed by atoms with Crippen LogP contribution in [0, 0.1) is 17.1 Å².